The number of halogens is 1. The molecule has 1 heterocycles. The molecule has 0 atom stereocenters. The molecule has 0 aliphatic heterocycles. The van der Waals surface area contributed by atoms with Gasteiger partial charge in [0.05, 0.1) is 11.8 Å². The first-order valence-corrected chi connectivity index (χ1v) is 6.19. The smallest absolute Gasteiger partial charge is 0.260 e. The maximum Gasteiger partial charge on any atom is 0.260 e. The Labute approximate surface area is 114 Å². The number of nitrogens with one attached hydrogen (secondary N) is 1. The molecule has 1 aromatic carbocycles. The first-order valence-electron chi connectivity index (χ1n) is 5.39. The molecule has 18 heavy (non-hydrogen) atoms. The molecule has 4 nitrogen and oxygen atoms in total. The Bertz CT molecular complexity index is 546. The van der Waals surface area contributed by atoms with Crippen molar-refractivity contribution >= 4 is 33.2 Å². The second-order valence-corrected chi connectivity index (χ2v) is 4.72. The van der Waals surface area contributed by atoms with Crippen molar-refractivity contribution in [1.29, 1.82) is 0 Å². The van der Waals surface area contributed by atoms with E-state index in [9.17, 15) is 4.79 Å². The van der Waals surface area contributed by atoms with Gasteiger partial charge in [0.1, 0.15) is 0 Å². The summed E-state index contributed by atoms with van der Waals surface area (Å²) in [6.07, 6.45) is 1.47. The van der Waals surface area contributed by atoms with Gasteiger partial charge in [0.15, 0.2) is 4.67 Å². The highest BCUT2D eigenvalue weighted by Crippen LogP contribution is 2.20. The highest BCUT2D eigenvalue weighted by atomic mass is 79.9. The normalized spacial score (nSPS) is 10.2. The summed E-state index contributed by atoms with van der Waals surface area (Å²) in [5.41, 5.74) is 2.31. The Morgan fingerprint density at radius 1 is 1.22 bits per heavy atom. The summed E-state index contributed by atoms with van der Waals surface area (Å²) in [6, 6.07) is 9.23. The molecule has 2 rings (SSSR count). The molecule has 1 amide bonds. The van der Waals surface area contributed by atoms with E-state index in [0.29, 0.717) is 10.2 Å². The van der Waals surface area contributed by atoms with Crippen molar-refractivity contribution in [1.82, 2.24) is 0 Å². The zero-order chi connectivity index (χ0) is 13.1. The Morgan fingerprint density at radius 2 is 1.89 bits per heavy atom. The zero-order valence-corrected chi connectivity index (χ0v) is 11.7. The molecule has 0 unspecified atom stereocenters. The van der Waals surface area contributed by atoms with Crippen LogP contribution in [0.25, 0.3) is 0 Å². The number of benzene rings is 1. The van der Waals surface area contributed by atoms with Crippen LogP contribution in [0.5, 0.6) is 0 Å². The van der Waals surface area contributed by atoms with E-state index in [1.807, 2.05) is 43.3 Å². The molecule has 0 spiro atoms. The fourth-order valence-corrected chi connectivity index (χ4v) is 1.92. The van der Waals surface area contributed by atoms with Gasteiger partial charge in [-0.15, -0.1) is 0 Å². The minimum Gasteiger partial charge on any atom is -0.457 e. The maximum atomic E-state index is 11.9. The van der Waals surface area contributed by atoms with Crippen LogP contribution in [0.2, 0.25) is 0 Å². The third kappa shape index (κ3) is 2.73. The molecule has 1 aromatic heterocycles. The minimum atomic E-state index is -0.201. The van der Waals surface area contributed by atoms with Crippen LogP contribution in [0.4, 0.5) is 11.4 Å². The molecule has 5 heteroatoms. The SMILES string of the molecule is CN(C)c1ccc(NC(=O)c2ccoc2Br)cc1. The lowest BCUT2D eigenvalue weighted by molar-refractivity contribution is 0.102. The van der Waals surface area contributed by atoms with Crippen LogP contribution in [0.1, 0.15) is 10.4 Å². The van der Waals surface area contributed by atoms with Crippen molar-refractivity contribution in [3.8, 4) is 0 Å². The summed E-state index contributed by atoms with van der Waals surface area (Å²) in [5.74, 6) is -0.201. The lowest BCUT2D eigenvalue weighted by atomic mass is 10.2. The van der Waals surface area contributed by atoms with Gasteiger partial charge in [-0.25, -0.2) is 0 Å². The summed E-state index contributed by atoms with van der Waals surface area (Å²) in [5, 5.41) is 2.80. The standard InChI is InChI=1S/C13H13BrN2O2/c1-16(2)10-5-3-9(4-6-10)15-13(17)11-7-8-18-12(11)14/h3-8H,1-2H3,(H,15,17). The molecule has 2 aromatic rings. The lowest BCUT2D eigenvalue weighted by Crippen LogP contribution is -2.12. The van der Waals surface area contributed by atoms with Crippen LogP contribution in [-0.2, 0) is 0 Å². The second-order valence-electron chi connectivity index (χ2n) is 4.00. The topological polar surface area (TPSA) is 45.5 Å². The third-order valence-corrected chi connectivity index (χ3v) is 3.12. The Kier molecular flexibility index (Phi) is 3.72. The molecule has 0 saturated heterocycles. The number of hydrogen-bond donors (Lipinski definition) is 1. The van der Waals surface area contributed by atoms with Crippen LogP contribution in [0.15, 0.2) is 45.7 Å². The van der Waals surface area contributed by atoms with E-state index in [2.05, 4.69) is 21.2 Å². The van der Waals surface area contributed by atoms with E-state index in [0.717, 1.165) is 11.4 Å². The predicted molar refractivity (Wildman–Crippen MR) is 75.1 cm³/mol. The van der Waals surface area contributed by atoms with Crippen LogP contribution in [0.3, 0.4) is 0 Å². The number of carbonyl (C=O) groups is 1. The first-order chi connectivity index (χ1) is 8.58. The van der Waals surface area contributed by atoms with E-state index < -0.39 is 0 Å². The molecule has 0 aliphatic carbocycles. The van der Waals surface area contributed by atoms with E-state index in [-0.39, 0.29) is 5.91 Å². The fourth-order valence-electron chi connectivity index (χ4n) is 1.50. The fraction of sp³-hybridized carbons (Fsp3) is 0.154. The number of amides is 1. The number of nitrogens with zero attached hydrogens (tertiary/aromatic N) is 1. The Balaban J connectivity index is 2.10. The molecule has 0 radical (unpaired) electrons. The Morgan fingerprint density at radius 3 is 2.39 bits per heavy atom. The first kappa shape index (κ1) is 12.7. The van der Waals surface area contributed by atoms with Gasteiger partial charge in [0.2, 0.25) is 0 Å². The highest BCUT2D eigenvalue weighted by molar-refractivity contribution is 9.10. The van der Waals surface area contributed by atoms with Gasteiger partial charge in [0.25, 0.3) is 5.91 Å². The van der Waals surface area contributed by atoms with Gasteiger partial charge in [0, 0.05) is 25.5 Å². The van der Waals surface area contributed by atoms with E-state index in [1.165, 1.54) is 6.26 Å². The predicted octanol–water partition coefficient (Wildman–Crippen LogP) is 3.36. The number of hydrogen-bond acceptors (Lipinski definition) is 3. The van der Waals surface area contributed by atoms with Crippen LogP contribution >= 0.6 is 15.9 Å². The molecule has 0 saturated carbocycles. The second kappa shape index (κ2) is 5.27. The van der Waals surface area contributed by atoms with Crippen molar-refractivity contribution in [3.05, 3.63) is 46.8 Å². The average Bonchev–Trinajstić information content (AvgIpc) is 2.76. The molecule has 94 valence electrons. The molecular formula is C13H13BrN2O2. The van der Waals surface area contributed by atoms with Crippen molar-refractivity contribution in [2.24, 2.45) is 0 Å². The van der Waals surface area contributed by atoms with Crippen LogP contribution in [0, 0.1) is 0 Å². The summed E-state index contributed by atoms with van der Waals surface area (Å²) in [4.78, 5) is 13.9. The Hall–Kier alpha value is -1.75. The molecular weight excluding hydrogens is 296 g/mol. The highest BCUT2D eigenvalue weighted by Gasteiger charge is 2.12. The average molecular weight is 309 g/mol. The van der Waals surface area contributed by atoms with Gasteiger partial charge in [-0.2, -0.15) is 0 Å². The summed E-state index contributed by atoms with van der Waals surface area (Å²) in [6.45, 7) is 0. The van der Waals surface area contributed by atoms with Crippen molar-refractivity contribution < 1.29 is 9.21 Å². The lowest BCUT2D eigenvalue weighted by Gasteiger charge is -2.12. The van der Waals surface area contributed by atoms with Gasteiger partial charge < -0.3 is 14.6 Å². The molecule has 1 N–H and O–H groups in total. The summed E-state index contributed by atoms with van der Waals surface area (Å²) >= 11 is 3.18. The van der Waals surface area contributed by atoms with Crippen molar-refractivity contribution in [2.45, 2.75) is 0 Å². The number of anilines is 2. The third-order valence-electron chi connectivity index (χ3n) is 2.50. The van der Waals surface area contributed by atoms with Crippen molar-refractivity contribution in [2.75, 3.05) is 24.3 Å². The van der Waals surface area contributed by atoms with Crippen LogP contribution < -0.4 is 10.2 Å². The van der Waals surface area contributed by atoms with E-state index in [1.54, 1.807) is 6.07 Å². The molecule has 0 aliphatic rings. The van der Waals surface area contributed by atoms with Crippen LogP contribution in [-0.4, -0.2) is 20.0 Å². The summed E-state index contributed by atoms with van der Waals surface area (Å²) < 4.78 is 5.46. The number of rotatable bonds is 3. The van der Waals surface area contributed by atoms with E-state index >= 15 is 0 Å². The monoisotopic (exact) mass is 308 g/mol. The van der Waals surface area contributed by atoms with Gasteiger partial charge in [-0.1, -0.05) is 0 Å². The summed E-state index contributed by atoms with van der Waals surface area (Å²) in [7, 11) is 3.94. The largest absolute Gasteiger partial charge is 0.457 e. The van der Waals surface area contributed by atoms with Gasteiger partial charge in [-0.3, -0.25) is 4.79 Å². The van der Waals surface area contributed by atoms with Crippen molar-refractivity contribution in [3.63, 3.8) is 0 Å². The van der Waals surface area contributed by atoms with Gasteiger partial charge >= 0.3 is 0 Å². The zero-order valence-electron chi connectivity index (χ0n) is 10.1. The number of furan rings is 1. The molecule has 0 fully saturated rings. The molecule has 0 bridgehead atoms. The van der Waals surface area contributed by atoms with E-state index in [4.69, 9.17) is 4.42 Å². The van der Waals surface area contributed by atoms with Gasteiger partial charge in [-0.05, 0) is 46.3 Å². The quantitative estimate of drug-likeness (QED) is 0.945. The number of carbonyl (C=O) groups excluding carboxylic acids is 1. The minimum absolute atomic E-state index is 0.201. The maximum absolute atomic E-state index is 11.9.